The average molecular weight is 292 g/mol. The number of hydrogen-bond donors (Lipinski definition) is 2. The third kappa shape index (κ3) is 3.72. The van der Waals surface area contributed by atoms with Gasteiger partial charge in [0.1, 0.15) is 0 Å². The Labute approximate surface area is 123 Å². The summed E-state index contributed by atoms with van der Waals surface area (Å²) in [4.78, 5) is 24.8. The number of hydrogen-bond acceptors (Lipinski definition) is 3. The van der Waals surface area contributed by atoms with E-state index in [0.29, 0.717) is 26.3 Å². The van der Waals surface area contributed by atoms with Gasteiger partial charge in [-0.05, 0) is 18.6 Å². The van der Waals surface area contributed by atoms with Crippen LogP contribution in [-0.2, 0) is 9.53 Å². The van der Waals surface area contributed by atoms with Crippen LogP contribution >= 0.6 is 0 Å². The molecule has 0 saturated carbocycles. The molecule has 1 aliphatic rings. The zero-order chi connectivity index (χ0) is 15.2. The fourth-order valence-corrected chi connectivity index (χ4v) is 2.54. The minimum atomic E-state index is -0.853. The molecular weight excluding hydrogens is 272 g/mol. The second-order valence-electron chi connectivity index (χ2n) is 4.89. The standard InChI is InChI=1S/C15H20N2O4/c1-2-21-8-7-16-15(20)17-10-11(9-14(18)19)12-5-3-4-6-13(12)17/h3-6,11H,2,7-10H2,1H3,(H,16,20)(H,18,19). The highest BCUT2D eigenvalue weighted by molar-refractivity contribution is 5.95. The Morgan fingerprint density at radius 1 is 1.43 bits per heavy atom. The zero-order valence-corrected chi connectivity index (χ0v) is 12.0. The third-order valence-electron chi connectivity index (χ3n) is 3.46. The summed E-state index contributed by atoms with van der Waals surface area (Å²) in [5, 5.41) is 11.8. The first kappa shape index (κ1) is 15.3. The highest BCUT2D eigenvalue weighted by Crippen LogP contribution is 2.37. The Morgan fingerprint density at radius 2 is 2.19 bits per heavy atom. The molecule has 0 aromatic heterocycles. The van der Waals surface area contributed by atoms with Gasteiger partial charge in [0.05, 0.1) is 13.0 Å². The quantitative estimate of drug-likeness (QED) is 0.784. The number of carbonyl (C=O) groups excluding carboxylic acids is 1. The maximum atomic E-state index is 12.2. The Balaban J connectivity index is 2.04. The Bertz CT molecular complexity index is 518. The molecule has 1 aromatic rings. The molecule has 2 amide bonds. The minimum Gasteiger partial charge on any atom is -0.481 e. The molecule has 1 aliphatic heterocycles. The number of fused-ring (bicyclic) bond motifs is 1. The molecule has 6 heteroatoms. The highest BCUT2D eigenvalue weighted by atomic mass is 16.5. The van der Waals surface area contributed by atoms with E-state index in [-0.39, 0.29) is 18.4 Å². The van der Waals surface area contributed by atoms with E-state index in [2.05, 4.69) is 5.32 Å². The smallest absolute Gasteiger partial charge is 0.321 e. The van der Waals surface area contributed by atoms with E-state index < -0.39 is 5.97 Å². The third-order valence-corrected chi connectivity index (χ3v) is 3.46. The number of para-hydroxylation sites is 1. The second-order valence-corrected chi connectivity index (χ2v) is 4.89. The van der Waals surface area contributed by atoms with E-state index >= 15 is 0 Å². The van der Waals surface area contributed by atoms with Crippen molar-refractivity contribution >= 4 is 17.7 Å². The number of ether oxygens (including phenoxy) is 1. The Morgan fingerprint density at radius 3 is 2.90 bits per heavy atom. The largest absolute Gasteiger partial charge is 0.481 e. The number of anilines is 1. The summed E-state index contributed by atoms with van der Waals surface area (Å²) in [6.45, 7) is 3.81. The maximum Gasteiger partial charge on any atom is 0.321 e. The molecule has 0 aliphatic carbocycles. The number of aliphatic carboxylic acids is 1. The molecule has 0 saturated heterocycles. The van der Waals surface area contributed by atoms with Crippen molar-refractivity contribution in [3.05, 3.63) is 29.8 Å². The van der Waals surface area contributed by atoms with Gasteiger partial charge in [-0.15, -0.1) is 0 Å². The predicted octanol–water partition coefficient (Wildman–Crippen LogP) is 1.81. The molecule has 0 spiro atoms. The molecule has 0 bridgehead atoms. The van der Waals surface area contributed by atoms with Crippen LogP contribution < -0.4 is 10.2 Å². The predicted molar refractivity (Wildman–Crippen MR) is 78.7 cm³/mol. The van der Waals surface area contributed by atoms with Crippen molar-refractivity contribution in [2.24, 2.45) is 0 Å². The topological polar surface area (TPSA) is 78.9 Å². The average Bonchev–Trinajstić information content (AvgIpc) is 2.82. The van der Waals surface area contributed by atoms with Crippen LogP contribution in [0.2, 0.25) is 0 Å². The number of amides is 2. The van der Waals surface area contributed by atoms with E-state index in [9.17, 15) is 9.59 Å². The second kappa shape index (κ2) is 7.08. The summed E-state index contributed by atoms with van der Waals surface area (Å²) in [6.07, 6.45) is 0.0275. The first-order chi connectivity index (χ1) is 10.1. The summed E-state index contributed by atoms with van der Waals surface area (Å²) in [5.74, 6) is -1.01. The van der Waals surface area contributed by atoms with Crippen molar-refractivity contribution in [2.75, 3.05) is 31.2 Å². The first-order valence-electron chi connectivity index (χ1n) is 7.07. The summed E-state index contributed by atoms with van der Waals surface area (Å²) in [6, 6.07) is 7.23. The molecule has 1 unspecified atom stereocenters. The van der Waals surface area contributed by atoms with Crippen LogP contribution in [-0.4, -0.2) is 43.4 Å². The van der Waals surface area contributed by atoms with Gasteiger partial charge >= 0.3 is 12.0 Å². The first-order valence-corrected chi connectivity index (χ1v) is 7.07. The van der Waals surface area contributed by atoms with Gasteiger partial charge in [-0.1, -0.05) is 18.2 Å². The molecule has 1 heterocycles. The van der Waals surface area contributed by atoms with Gasteiger partial charge in [-0.25, -0.2) is 4.79 Å². The van der Waals surface area contributed by atoms with Crippen molar-refractivity contribution in [1.82, 2.24) is 5.32 Å². The maximum absolute atomic E-state index is 12.2. The normalized spacial score (nSPS) is 16.6. The molecule has 1 atom stereocenters. The lowest BCUT2D eigenvalue weighted by molar-refractivity contribution is -0.137. The van der Waals surface area contributed by atoms with Crippen LogP contribution in [0, 0.1) is 0 Å². The Kier molecular flexibility index (Phi) is 5.16. The lowest BCUT2D eigenvalue weighted by atomic mass is 9.98. The van der Waals surface area contributed by atoms with Crippen molar-refractivity contribution in [3.8, 4) is 0 Å². The van der Waals surface area contributed by atoms with Crippen LogP contribution in [0.1, 0.15) is 24.8 Å². The number of urea groups is 1. The van der Waals surface area contributed by atoms with Crippen LogP contribution in [0.3, 0.4) is 0 Å². The van der Waals surface area contributed by atoms with Crippen LogP contribution in [0.5, 0.6) is 0 Å². The number of benzene rings is 1. The molecule has 0 fully saturated rings. The number of carboxylic acids is 1. The summed E-state index contributed by atoms with van der Waals surface area (Å²) in [7, 11) is 0. The fourth-order valence-electron chi connectivity index (χ4n) is 2.54. The van der Waals surface area contributed by atoms with E-state index in [1.165, 1.54) is 0 Å². The molecule has 6 nitrogen and oxygen atoms in total. The molecule has 21 heavy (non-hydrogen) atoms. The van der Waals surface area contributed by atoms with E-state index in [1.807, 2.05) is 31.2 Å². The number of nitrogens with one attached hydrogen (secondary N) is 1. The molecule has 2 N–H and O–H groups in total. The van der Waals surface area contributed by atoms with Crippen molar-refractivity contribution in [1.29, 1.82) is 0 Å². The van der Waals surface area contributed by atoms with Crippen LogP contribution in [0.25, 0.3) is 0 Å². The van der Waals surface area contributed by atoms with Gasteiger partial charge in [0, 0.05) is 31.3 Å². The van der Waals surface area contributed by atoms with E-state index in [0.717, 1.165) is 11.3 Å². The van der Waals surface area contributed by atoms with Gasteiger partial charge in [0.25, 0.3) is 0 Å². The van der Waals surface area contributed by atoms with Gasteiger partial charge in [-0.3, -0.25) is 9.69 Å². The molecular formula is C15H20N2O4. The monoisotopic (exact) mass is 292 g/mol. The lowest BCUT2D eigenvalue weighted by Crippen LogP contribution is -2.40. The van der Waals surface area contributed by atoms with Crippen LogP contribution in [0.4, 0.5) is 10.5 Å². The molecule has 0 radical (unpaired) electrons. The number of carbonyl (C=O) groups is 2. The lowest BCUT2D eigenvalue weighted by Gasteiger charge is -2.18. The zero-order valence-electron chi connectivity index (χ0n) is 12.0. The number of carboxylic acid groups (broad SMARTS) is 1. The van der Waals surface area contributed by atoms with E-state index in [1.54, 1.807) is 4.90 Å². The van der Waals surface area contributed by atoms with Crippen molar-refractivity contribution in [3.63, 3.8) is 0 Å². The van der Waals surface area contributed by atoms with Crippen LogP contribution in [0.15, 0.2) is 24.3 Å². The van der Waals surface area contributed by atoms with Crippen molar-refractivity contribution < 1.29 is 19.4 Å². The molecule has 114 valence electrons. The number of nitrogens with zero attached hydrogens (tertiary/aromatic N) is 1. The Hall–Kier alpha value is -2.08. The summed E-state index contributed by atoms with van der Waals surface area (Å²) < 4.78 is 5.18. The molecule has 2 rings (SSSR count). The SMILES string of the molecule is CCOCCNC(=O)N1CC(CC(=O)O)c2ccccc21. The van der Waals surface area contributed by atoms with Gasteiger partial charge in [-0.2, -0.15) is 0 Å². The molecule has 1 aromatic carbocycles. The highest BCUT2D eigenvalue weighted by Gasteiger charge is 2.33. The summed E-state index contributed by atoms with van der Waals surface area (Å²) in [5.41, 5.74) is 1.71. The number of rotatable bonds is 6. The van der Waals surface area contributed by atoms with Crippen molar-refractivity contribution in [2.45, 2.75) is 19.3 Å². The fraction of sp³-hybridized carbons (Fsp3) is 0.467. The van der Waals surface area contributed by atoms with Gasteiger partial charge < -0.3 is 15.2 Å². The van der Waals surface area contributed by atoms with E-state index in [4.69, 9.17) is 9.84 Å². The van der Waals surface area contributed by atoms with Gasteiger partial charge in [0.2, 0.25) is 0 Å². The summed E-state index contributed by atoms with van der Waals surface area (Å²) >= 11 is 0. The minimum absolute atomic E-state index is 0.0275. The van der Waals surface area contributed by atoms with Gasteiger partial charge in [0.15, 0.2) is 0 Å².